The molecule has 0 saturated carbocycles. The van der Waals surface area contributed by atoms with Gasteiger partial charge in [0.15, 0.2) is 5.78 Å². The first-order valence-electron chi connectivity index (χ1n) is 10.3. The van der Waals surface area contributed by atoms with Crippen LogP contribution >= 0.6 is 0 Å². The van der Waals surface area contributed by atoms with Gasteiger partial charge in [-0.2, -0.15) is 0 Å². The summed E-state index contributed by atoms with van der Waals surface area (Å²) in [7, 11) is 0. The van der Waals surface area contributed by atoms with Gasteiger partial charge in [-0.3, -0.25) is 9.69 Å². The van der Waals surface area contributed by atoms with Gasteiger partial charge in [0.2, 0.25) is 0 Å². The molecule has 1 aliphatic heterocycles. The van der Waals surface area contributed by atoms with Crippen LogP contribution in [0.3, 0.4) is 0 Å². The van der Waals surface area contributed by atoms with Crippen LogP contribution in [0.2, 0.25) is 0 Å². The molecule has 0 atom stereocenters. The summed E-state index contributed by atoms with van der Waals surface area (Å²) in [5.41, 5.74) is 5.63. The highest BCUT2D eigenvalue weighted by Crippen LogP contribution is 2.32. The molecule has 0 aliphatic carbocycles. The van der Waals surface area contributed by atoms with Crippen molar-refractivity contribution < 1.29 is 9.18 Å². The highest BCUT2D eigenvalue weighted by atomic mass is 19.1. The summed E-state index contributed by atoms with van der Waals surface area (Å²) in [6.07, 6.45) is 2.14. The molecule has 2 nitrogen and oxygen atoms in total. The van der Waals surface area contributed by atoms with Gasteiger partial charge < -0.3 is 0 Å². The molecule has 1 fully saturated rings. The van der Waals surface area contributed by atoms with E-state index in [1.807, 2.05) is 42.5 Å². The molecule has 0 amide bonds. The fourth-order valence-electron chi connectivity index (χ4n) is 4.28. The van der Waals surface area contributed by atoms with Crippen LogP contribution in [0.4, 0.5) is 4.39 Å². The molecule has 0 aromatic heterocycles. The Bertz CT molecular complexity index is 973. The van der Waals surface area contributed by atoms with Gasteiger partial charge in [0, 0.05) is 5.56 Å². The van der Waals surface area contributed by atoms with Crippen molar-refractivity contribution in [2.24, 2.45) is 0 Å². The number of Topliss-reactive ketones (excluding diaryl/α,β-unsaturated/α-hetero) is 1. The Hall–Kier alpha value is -2.78. The summed E-state index contributed by atoms with van der Waals surface area (Å²) in [5.74, 6) is 0.517. The van der Waals surface area contributed by atoms with Gasteiger partial charge >= 0.3 is 0 Å². The van der Waals surface area contributed by atoms with Gasteiger partial charge in [0.05, 0.1) is 6.54 Å². The van der Waals surface area contributed by atoms with Crippen molar-refractivity contribution in [1.82, 2.24) is 4.90 Å². The number of halogens is 1. The summed E-state index contributed by atoms with van der Waals surface area (Å²) >= 11 is 0. The Labute approximate surface area is 172 Å². The number of rotatable bonds is 5. The second-order valence-electron chi connectivity index (χ2n) is 7.92. The lowest BCUT2D eigenvalue weighted by Crippen LogP contribution is -2.36. The monoisotopic (exact) mass is 387 g/mol. The normalized spacial score (nSPS) is 15.4. The van der Waals surface area contributed by atoms with Crippen molar-refractivity contribution in [3.63, 3.8) is 0 Å². The first-order chi connectivity index (χ1) is 14.1. The van der Waals surface area contributed by atoms with Crippen LogP contribution in [0.1, 0.15) is 40.2 Å². The summed E-state index contributed by atoms with van der Waals surface area (Å²) in [6, 6.07) is 22.8. The highest BCUT2D eigenvalue weighted by molar-refractivity contribution is 5.97. The van der Waals surface area contributed by atoms with Crippen molar-refractivity contribution in [3.8, 4) is 11.1 Å². The number of piperidine rings is 1. The SMILES string of the molecule is Cc1cc(-c2ccc(F)cc2)ccc1C1CCN(CC(=O)c2ccccc2)CC1. The number of carbonyl (C=O) groups is 1. The second kappa shape index (κ2) is 8.71. The predicted molar refractivity (Wildman–Crippen MR) is 116 cm³/mol. The fraction of sp³-hybridized carbons (Fsp3) is 0.269. The standard InChI is InChI=1S/C26H26FNO/c1-19-17-23(20-7-10-24(27)11-8-20)9-12-25(19)21-13-15-28(16-14-21)18-26(29)22-5-3-2-4-6-22/h2-12,17,21H,13-16,18H2,1H3. The minimum Gasteiger partial charge on any atom is -0.296 e. The van der Waals surface area contributed by atoms with Crippen molar-refractivity contribution in [2.45, 2.75) is 25.7 Å². The molecule has 29 heavy (non-hydrogen) atoms. The second-order valence-corrected chi connectivity index (χ2v) is 7.92. The number of carbonyl (C=O) groups excluding carboxylic acids is 1. The largest absolute Gasteiger partial charge is 0.296 e. The zero-order chi connectivity index (χ0) is 20.2. The Morgan fingerprint density at radius 3 is 2.24 bits per heavy atom. The zero-order valence-electron chi connectivity index (χ0n) is 16.8. The highest BCUT2D eigenvalue weighted by Gasteiger charge is 2.23. The number of benzene rings is 3. The van der Waals surface area contributed by atoms with E-state index in [4.69, 9.17) is 0 Å². The van der Waals surface area contributed by atoms with Gasteiger partial charge in [-0.25, -0.2) is 4.39 Å². The smallest absolute Gasteiger partial charge is 0.176 e. The zero-order valence-corrected chi connectivity index (χ0v) is 16.8. The summed E-state index contributed by atoms with van der Waals surface area (Å²) in [4.78, 5) is 14.7. The first-order valence-corrected chi connectivity index (χ1v) is 10.3. The lowest BCUT2D eigenvalue weighted by molar-refractivity contribution is 0.0909. The minimum atomic E-state index is -0.209. The molecule has 0 bridgehead atoms. The maximum atomic E-state index is 13.2. The van der Waals surface area contributed by atoms with Crippen LogP contribution in [0, 0.1) is 12.7 Å². The van der Waals surface area contributed by atoms with Gasteiger partial charge in [-0.15, -0.1) is 0 Å². The summed E-state index contributed by atoms with van der Waals surface area (Å²) in [6.45, 7) is 4.55. The molecule has 3 heteroatoms. The van der Waals surface area contributed by atoms with Crippen LogP contribution < -0.4 is 0 Å². The maximum absolute atomic E-state index is 13.2. The van der Waals surface area contributed by atoms with Crippen LogP contribution in [0.15, 0.2) is 72.8 Å². The molecule has 1 heterocycles. The van der Waals surface area contributed by atoms with Crippen LogP contribution in [-0.4, -0.2) is 30.3 Å². The van der Waals surface area contributed by atoms with Crippen LogP contribution in [0.25, 0.3) is 11.1 Å². The molecule has 3 aromatic carbocycles. The maximum Gasteiger partial charge on any atom is 0.176 e. The van der Waals surface area contributed by atoms with Gasteiger partial charge in [-0.05, 0) is 73.2 Å². The van der Waals surface area contributed by atoms with E-state index in [0.29, 0.717) is 12.5 Å². The third-order valence-electron chi connectivity index (χ3n) is 5.94. The van der Waals surface area contributed by atoms with Gasteiger partial charge in [0.1, 0.15) is 5.82 Å². The van der Waals surface area contributed by atoms with Crippen molar-refractivity contribution in [1.29, 1.82) is 0 Å². The summed E-state index contributed by atoms with van der Waals surface area (Å²) < 4.78 is 13.2. The van der Waals surface area contributed by atoms with E-state index in [0.717, 1.165) is 42.6 Å². The Balaban J connectivity index is 1.38. The van der Waals surface area contributed by atoms with Crippen molar-refractivity contribution in [3.05, 3.63) is 95.3 Å². The Morgan fingerprint density at radius 1 is 0.931 bits per heavy atom. The third-order valence-corrected chi connectivity index (χ3v) is 5.94. The number of hydrogen-bond acceptors (Lipinski definition) is 2. The topological polar surface area (TPSA) is 20.3 Å². The summed E-state index contributed by atoms with van der Waals surface area (Å²) in [5, 5.41) is 0. The van der Waals surface area contributed by atoms with Crippen molar-refractivity contribution in [2.75, 3.05) is 19.6 Å². The number of nitrogens with zero attached hydrogens (tertiary/aromatic N) is 1. The number of ketones is 1. The molecule has 0 unspecified atom stereocenters. The van der Waals surface area contributed by atoms with E-state index in [9.17, 15) is 9.18 Å². The first kappa shape index (κ1) is 19.5. The number of aryl methyl sites for hydroxylation is 1. The minimum absolute atomic E-state index is 0.198. The predicted octanol–water partition coefficient (Wildman–Crippen LogP) is 5.86. The molecule has 4 rings (SSSR count). The van der Waals surface area contributed by atoms with Gasteiger partial charge in [-0.1, -0.05) is 60.7 Å². The Morgan fingerprint density at radius 2 is 1.59 bits per heavy atom. The molecule has 0 radical (unpaired) electrons. The molecule has 0 spiro atoms. The lowest BCUT2D eigenvalue weighted by atomic mass is 9.85. The van der Waals surface area contributed by atoms with E-state index < -0.39 is 0 Å². The molecule has 148 valence electrons. The fourth-order valence-corrected chi connectivity index (χ4v) is 4.28. The van der Waals surface area contributed by atoms with E-state index in [1.54, 1.807) is 0 Å². The van der Waals surface area contributed by atoms with Gasteiger partial charge in [0.25, 0.3) is 0 Å². The lowest BCUT2D eigenvalue weighted by Gasteiger charge is -2.32. The van der Waals surface area contributed by atoms with Crippen LogP contribution in [-0.2, 0) is 0 Å². The van der Waals surface area contributed by atoms with E-state index in [2.05, 4.69) is 30.0 Å². The van der Waals surface area contributed by atoms with Crippen LogP contribution in [0.5, 0.6) is 0 Å². The molecule has 3 aromatic rings. The molecule has 1 aliphatic rings. The third kappa shape index (κ3) is 4.63. The Kier molecular flexibility index (Phi) is 5.86. The van der Waals surface area contributed by atoms with E-state index >= 15 is 0 Å². The molecular formula is C26H26FNO. The number of likely N-dealkylation sites (tertiary alicyclic amines) is 1. The van der Waals surface area contributed by atoms with E-state index in [-0.39, 0.29) is 11.6 Å². The number of hydrogen-bond donors (Lipinski definition) is 0. The average molecular weight is 387 g/mol. The van der Waals surface area contributed by atoms with Crippen molar-refractivity contribution >= 4 is 5.78 Å². The molecule has 1 saturated heterocycles. The van der Waals surface area contributed by atoms with E-state index in [1.165, 1.54) is 23.3 Å². The average Bonchev–Trinajstić information content (AvgIpc) is 2.75. The molecular weight excluding hydrogens is 361 g/mol. The quantitative estimate of drug-likeness (QED) is 0.511. The molecule has 0 N–H and O–H groups in total.